The third kappa shape index (κ3) is 2.50. The van der Waals surface area contributed by atoms with Crippen LogP contribution in [0.25, 0.3) is 0 Å². The zero-order chi connectivity index (χ0) is 14.4. The van der Waals surface area contributed by atoms with E-state index in [0.717, 1.165) is 11.1 Å². The predicted molar refractivity (Wildman–Crippen MR) is 78.0 cm³/mol. The Labute approximate surface area is 118 Å². The van der Waals surface area contributed by atoms with Gasteiger partial charge in [0.1, 0.15) is 0 Å². The maximum Gasteiger partial charge on any atom is 0.408 e. The summed E-state index contributed by atoms with van der Waals surface area (Å²) < 4.78 is 5.52. The van der Waals surface area contributed by atoms with Crippen LogP contribution in [-0.2, 0) is 10.3 Å². The summed E-state index contributed by atoms with van der Waals surface area (Å²) in [7, 11) is 1.50. The van der Waals surface area contributed by atoms with Crippen molar-refractivity contribution in [2.45, 2.75) is 5.60 Å². The lowest BCUT2D eigenvalue weighted by atomic mass is 9.87. The van der Waals surface area contributed by atoms with E-state index in [1.54, 1.807) is 0 Å². The Balaban J connectivity index is 2.59. The molecule has 3 nitrogen and oxygen atoms in total. The first-order chi connectivity index (χ1) is 9.73. The fraction of sp³-hybridized carbons (Fsp3) is 0.118. The highest BCUT2D eigenvalue weighted by Gasteiger charge is 2.36. The van der Waals surface area contributed by atoms with E-state index in [0.29, 0.717) is 0 Å². The van der Waals surface area contributed by atoms with E-state index >= 15 is 0 Å². The normalized spacial score (nSPS) is 10.4. The minimum atomic E-state index is -1.23. The molecule has 1 amide bonds. The number of terminal acetylenes is 1. The second kappa shape index (κ2) is 5.94. The molecule has 2 aromatic carbocycles. The molecule has 0 aliphatic carbocycles. The van der Waals surface area contributed by atoms with E-state index in [1.807, 2.05) is 60.7 Å². The molecule has 2 aromatic rings. The van der Waals surface area contributed by atoms with E-state index in [4.69, 9.17) is 11.2 Å². The lowest BCUT2D eigenvalue weighted by molar-refractivity contribution is 0.0799. The molecule has 20 heavy (non-hydrogen) atoms. The Morgan fingerprint density at radius 3 is 1.85 bits per heavy atom. The first kappa shape index (κ1) is 13.7. The monoisotopic (exact) mass is 265 g/mol. The average Bonchev–Trinajstić information content (AvgIpc) is 2.54. The highest BCUT2D eigenvalue weighted by Crippen LogP contribution is 2.33. The average molecular weight is 265 g/mol. The summed E-state index contributed by atoms with van der Waals surface area (Å²) >= 11 is 0. The molecule has 1 N–H and O–H groups in total. The van der Waals surface area contributed by atoms with Gasteiger partial charge in [0, 0.05) is 18.2 Å². The maximum absolute atomic E-state index is 11.7. The summed E-state index contributed by atoms with van der Waals surface area (Å²) in [6.45, 7) is 0. The number of ether oxygens (including phenoxy) is 1. The van der Waals surface area contributed by atoms with Crippen LogP contribution in [0.1, 0.15) is 11.1 Å². The van der Waals surface area contributed by atoms with E-state index < -0.39 is 11.7 Å². The topological polar surface area (TPSA) is 38.3 Å². The Bertz CT molecular complexity index is 575. The number of alkyl carbamates (subject to hydrolysis) is 1. The van der Waals surface area contributed by atoms with Gasteiger partial charge in [-0.05, 0) is 5.92 Å². The first-order valence-electron chi connectivity index (χ1n) is 6.22. The quantitative estimate of drug-likeness (QED) is 0.867. The van der Waals surface area contributed by atoms with E-state index in [1.165, 1.54) is 7.05 Å². The van der Waals surface area contributed by atoms with Crippen molar-refractivity contribution in [3.8, 4) is 12.3 Å². The van der Waals surface area contributed by atoms with Gasteiger partial charge in [-0.25, -0.2) is 4.79 Å². The number of hydrogen-bond donors (Lipinski definition) is 1. The van der Waals surface area contributed by atoms with Gasteiger partial charge in [0.05, 0.1) is 0 Å². The summed E-state index contributed by atoms with van der Waals surface area (Å²) in [6, 6.07) is 18.6. The van der Waals surface area contributed by atoms with Crippen molar-refractivity contribution in [3.63, 3.8) is 0 Å². The summed E-state index contributed by atoms with van der Waals surface area (Å²) in [4.78, 5) is 11.7. The van der Waals surface area contributed by atoms with Crippen LogP contribution in [0.3, 0.4) is 0 Å². The van der Waals surface area contributed by atoms with Crippen LogP contribution >= 0.6 is 0 Å². The lowest BCUT2D eigenvalue weighted by Crippen LogP contribution is -2.36. The van der Waals surface area contributed by atoms with Gasteiger partial charge in [-0.2, -0.15) is 0 Å². The molecular weight excluding hydrogens is 250 g/mol. The largest absolute Gasteiger partial charge is 0.421 e. The van der Waals surface area contributed by atoms with Gasteiger partial charge in [-0.3, -0.25) is 0 Å². The third-order valence-corrected chi connectivity index (χ3v) is 3.01. The summed E-state index contributed by atoms with van der Waals surface area (Å²) in [5.74, 6) is 2.63. The number of carbonyl (C=O) groups excluding carboxylic acids is 1. The molecule has 0 saturated carbocycles. The first-order valence-corrected chi connectivity index (χ1v) is 6.22. The van der Waals surface area contributed by atoms with Gasteiger partial charge in [-0.15, -0.1) is 6.42 Å². The van der Waals surface area contributed by atoms with Crippen molar-refractivity contribution in [2.24, 2.45) is 0 Å². The van der Waals surface area contributed by atoms with Crippen LogP contribution in [0.5, 0.6) is 0 Å². The van der Waals surface area contributed by atoms with Gasteiger partial charge < -0.3 is 10.1 Å². The Kier molecular flexibility index (Phi) is 4.07. The molecule has 0 aliphatic rings. The van der Waals surface area contributed by atoms with Crippen molar-refractivity contribution in [3.05, 3.63) is 71.8 Å². The fourth-order valence-electron chi connectivity index (χ4n) is 2.02. The SMILES string of the molecule is C#CC(OC(=O)NC)(c1ccccc1)c1ccccc1. The lowest BCUT2D eigenvalue weighted by Gasteiger charge is -2.29. The fourth-order valence-corrected chi connectivity index (χ4v) is 2.02. The summed E-state index contributed by atoms with van der Waals surface area (Å²) in [5, 5.41) is 2.44. The second-order valence-corrected chi connectivity index (χ2v) is 4.20. The van der Waals surface area contributed by atoms with Crippen LogP contribution < -0.4 is 5.32 Å². The molecule has 0 saturated heterocycles. The number of nitrogens with one attached hydrogen (secondary N) is 1. The zero-order valence-corrected chi connectivity index (χ0v) is 11.2. The minimum Gasteiger partial charge on any atom is -0.421 e. The van der Waals surface area contributed by atoms with Crippen LogP contribution in [0.15, 0.2) is 60.7 Å². The number of rotatable bonds is 3. The van der Waals surface area contributed by atoms with Gasteiger partial charge >= 0.3 is 6.09 Å². The van der Waals surface area contributed by atoms with Crippen molar-refractivity contribution in [2.75, 3.05) is 7.05 Å². The number of benzene rings is 2. The molecule has 0 aliphatic heterocycles. The maximum atomic E-state index is 11.7. The molecule has 0 atom stereocenters. The zero-order valence-electron chi connectivity index (χ0n) is 11.2. The van der Waals surface area contributed by atoms with E-state index in [2.05, 4.69) is 11.2 Å². The standard InChI is InChI=1S/C17H15NO2/c1-3-17(20-16(19)18-2,14-10-6-4-7-11-14)15-12-8-5-9-13-15/h1,4-13H,2H3,(H,18,19). The summed E-state index contributed by atoms with van der Waals surface area (Å²) in [6.07, 6.45) is 5.15. The molecule has 0 spiro atoms. The van der Waals surface area contributed by atoms with E-state index in [-0.39, 0.29) is 0 Å². The van der Waals surface area contributed by atoms with Gasteiger partial charge in [0.15, 0.2) is 0 Å². The minimum absolute atomic E-state index is 0.573. The van der Waals surface area contributed by atoms with Gasteiger partial charge in [0.2, 0.25) is 5.60 Å². The van der Waals surface area contributed by atoms with Crippen molar-refractivity contribution >= 4 is 6.09 Å². The highest BCUT2D eigenvalue weighted by atomic mass is 16.6. The van der Waals surface area contributed by atoms with Crippen LogP contribution in [0.4, 0.5) is 4.79 Å². The molecule has 0 unspecified atom stereocenters. The molecule has 0 bridgehead atoms. The molecule has 0 heterocycles. The molecule has 0 fully saturated rings. The molecule has 2 rings (SSSR count). The van der Waals surface area contributed by atoms with Crippen LogP contribution in [-0.4, -0.2) is 13.1 Å². The number of hydrogen-bond acceptors (Lipinski definition) is 2. The van der Waals surface area contributed by atoms with Crippen LogP contribution in [0, 0.1) is 12.3 Å². The third-order valence-electron chi connectivity index (χ3n) is 3.01. The van der Waals surface area contributed by atoms with Crippen molar-refractivity contribution in [1.82, 2.24) is 5.32 Å². The number of carbonyl (C=O) groups is 1. The second-order valence-electron chi connectivity index (χ2n) is 4.20. The molecular formula is C17H15NO2. The van der Waals surface area contributed by atoms with Gasteiger partial charge in [0.25, 0.3) is 0 Å². The van der Waals surface area contributed by atoms with Crippen molar-refractivity contribution in [1.29, 1.82) is 0 Å². The molecule has 0 radical (unpaired) electrons. The number of amides is 1. The summed E-state index contributed by atoms with van der Waals surface area (Å²) in [5.41, 5.74) is 0.234. The molecule has 100 valence electrons. The Morgan fingerprint density at radius 2 is 1.50 bits per heavy atom. The molecule has 0 aromatic heterocycles. The van der Waals surface area contributed by atoms with Crippen molar-refractivity contribution < 1.29 is 9.53 Å². The predicted octanol–water partition coefficient (Wildman–Crippen LogP) is 2.92. The Hall–Kier alpha value is -2.73. The molecule has 3 heteroatoms. The van der Waals surface area contributed by atoms with Crippen LogP contribution in [0.2, 0.25) is 0 Å². The smallest absolute Gasteiger partial charge is 0.408 e. The Morgan fingerprint density at radius 1 is 1.05 bits per heavy atom. The van der Waals surface area contributed by atoms with Gasteiger partial charge in [-0.1, -0.05) is 60.7 Å². The highest BCUT2D eigenvalue weighted by molar-refractivity contribution is 5.69. The van der Waals surface area contributed by atoms with E-state index in [9.17, 15) is 4.79 Å².